The van der Waals surface area contributed by atoms with Crippen LogP contribution < -0.4 is 0 Å². The van der Waals surface area contributed by atoms with Crippen LogP contribution in [0.5, 0.6) is 0 Å². The molecule has 0 fully saturated rings. The molecule has 5 nitrogen and oxygen atoms in total. The second kappa shape index (κ2) is 3.17. The molecule has 0 saturated carbocycles. The van der Waals surface area contributed by atoms with Gasteiger partial charge in [-0.25, -0.2) is 4.98 Å². The fourth-order valence-corrected chi connectivity index (χ4v) is 0.736. The number of aromatic nitrogens is 2. The van der Waals surface area contributed by atoms with Crippen molar-refractivity contribution in [1.82, 2.24) is 9.97 Å². The van der Waals surface area contributed by atoms with Crippen LogP contribution in [0.1, 0.15) is 17.4 Å². The second-order valence-corrected chi connectivity index (χ2v) is 2.39. The molecule has 0 aliphatic heterocycles. The molecule has 1 rings (SSSR count). The fourth-order valence-electron chi connectivity index (χ4n) is 0.736. The Morgan fingerprint density at radius 3 is 2.75 bits per heavy atom. The summed E-state index contributed by atoms with van der Waals surface area (Å²) >= 11 is 0. The van der Waals surface area contributed by atoms with Gasteiger partial charge in [0.2, 0.25) is 0 Å². The number of carboxylic acid groups (broad SMARTS) is 1. The molecule has 1 aromatic heterocycles. The quantitative estimate of drug-likeness (QED) is 0.502. The number of hydrogen-bond acceptors (Lipinski definition) is 3. The molecule has 0 radical (unpaired) electrons. The molecule has 1 aromatic rings. The Bertz CT molecular complexity index is 292. The van der Waals surface area contributed by atoms with Gasteiger partial charge in [0, 0.05) is 0 Å². The van der Waals surface area contributed by atoms with E-state index in [-0.39, 0.29) is 5.69 Å². The maximum Gasteiger partial charge on any atom is 0.314 e. The number of Topliss-reactive ketones (excluding diaryl/α,β-unsaturated/α-hetero) is 1. The molecule has 1 atom stereocenters. The van der Waals surface area contributed by atoms with Crippen molar-refractivity contribution in [3.8, 4) is 0 Å². The van der Waals surface area contributed by atoms with Crippen molar-refractivity contribution in [2.45, 2.75) is 6.92 Å². The third kappa shape index (κ3) is 1.50. The third-order valence-electron chi connectivity index (χ3n) is 1.53. The minimum absolute atomic E-state index is 0.227. The van der Waals surface area contributed by atoms with Gasteiger partial charge in [-0.15, -0.1) is 0 Å². The van der Waals surface area contributed by atoms with Crippen LogP contribution in [0.2, 0.25) is 0 Å². The lowest BCUT2D eigenvalue weighted by Crippen LogP contribution is -2.20. The first-order chi connectivity index (χ1) is 5.63. The predicted octanol–water partition coefficient (Wildman–Crippen LogP) is 0.313. The van der Waals surface area contributed by atoms with E-state index in [1.54, 1.807) is 0 Å². The van der Waals surface area contributed by atoms with E-state index in [0.717, 1.165) is 0 Å². The van der Waals surface area contributed by atoms with E-state index in [2.05, 4.69) is 9.97 Å². The molecule has 12 heavy (non-hydrogen) atoms. The Morgan fingerprint density at radius 1 is 1.67 bits per heavy atom. The zero-order valence-electron chi connectivity index (χ0n) is 6.44. The van der Waals surface area contributed by atoms with Crippen LogP contribution in [0.25, 0.3) is 0 Å². The summed E-state index contributed by atoms with van der Waals surface area (Å²) in [6.07, 6.45) is 2.64. The highest BCUT2D eigenvalue weighted by Gasteiger charge is 2.22. The number of nitrogens with zero attached hydrogens (tertiary/aromatic N) is 1. The number of ketones is 1. The molecule has 0 aromatic carbocycles. The normalized spacial score (nSPS) is 12.4. The van der Waals surface area contributed by atoms with Gasteiger partial charge in [-0.05, 0) is 6.92 Å². The first kappa shape index (κ1) is 8.45. The van der Waals surface area contributed by atoms with E-state index in [4.69, 9.17) is 5.11 Å². The van der Waals surface area contributed by atoms with E-state index >= 15 is 0 Å². The molecule has 0 amide bonds. The number of imidazole rings is 1. The van der Waals surface area contributed by atoms with E-state index in [1.807, 2.05) is 0 Å². The van der Waals surface area contributed by atoms with E-state index in [1.165, 1.54) is 19.4 Å². The van der Waals surface area contributed by atoms with E-state index < -0.39 is 17.7 Å². The number of carboxylic acids is 1. The van der Waals surface area contributed by atoms with Crippen LogP contribution in [0.15, 0.2) is 12.5 Å². The number of aliphatic carboxylic acids is 1. The second-order valence-electron chi connectivity index (χ2n) is 2.39. The minimum Gasteiger partial charge on any atom is -0.481 e. The van der Waals surface area contributed by atoms with Crippen molar-refractivity contribution in [3.05, 3.63) is 18.2 Å². The molecule has 0 spiro atoms. The lowest BCUT2D eigenvalue weighted by Gasteiger charge is -2.00. The van der Waals surface area contributed by atoms with Crippen LogP contribution in [0.3, 0.4) is 0 Å². The van der Waals surface area contributed by atoms with Gasteiger partial charge in [-0.3, -0.25) is 9.59 Å². The van der Waals surface area contributed by atoms with Crippen molar-refractivity contribution < 1.29 is 14.7 Å². The Hall–Kier alpha value is -1.65. The third-order valence-corrected chi connectivity index (χ3v) is 1.53. The summed E-state index contributed by atoms with van der Waals surface area (Å²) in [7, 11) is 0. The SMILES string of the molecule is CC(C(=O)O)C(=O)c1cnc[nH]1. The van der Waals surface area contributed by atoms with Gasteiger partial charge >= 0.3 is 5.97 Å². The molecular formula is C7H8N2O3. The smallest absolute Gasteiger partial charge is 0.314 e. The lowest BCUT2D eigenvalue weighted by atomic mass is 10.1. The Kier molecular flexibility index (Phi) is 2.23. The van der Waals surface area contributed by atoms with Crippen molar-refractivity contribution in [2.75, 3.05) is 0 Å². The van der Waals surface area contributed by atoms with E-state index in [9.17, 15) is 9.59 Å². The summed E-state index contributed by atoms with van der Waals surface area (Å²) in [4.78, 5) is 27.7. The number of hydrogen-bond donors (Lipinski definition) is 2. The standard InChI is InChI=1S/C7H8N2O3/c1-4(7(11)12)6(10)5-2-8-3-9-5/h2-4H,1H3,(H,8,9)(H,11,12). The summed E-state index contributed by atoms with van der Waals surface area (Å²) in [5.41, 5.74) is 0.227. The van der Waals surface area contributed by atoms with Gasteiger partial charge in [0.1, 0.15) is 11.6 Å². The molecule has 1 heterocycles. The fraction of sp³-hybridized carbons (Fsp3) is 0.286. The topological polar surface area (TPSA) is 83.0 Å². The summed E-state index contributed by atoms with van der Waals surface area (Å²) < 4.78 is 0. The van der Waals surface area contributed by atoms with Gasteiger partial charge in [0.15, 0.2) is 5.78 Å². The minimum atomic E-state index is -1.13. The van der Waals surface area contributed by atoms with Crippen LogP contribution in [0.4, 0.5) is 0 Å². The molecule has 2 N–H and O–H groups in total. The van der Waals surface area contributed by atoms with Crippen LogP contribution in [-0.2, 0) is 4.79 Å². The first-order valence-electron chi connectivity index (χ1n) is 3.38. The molecule has 0 saturated heterocycles. The Morgan fingerprint density at radius 2 is 2.33 bits per heavy atom. The summed E-state index contributed by atoms with van der Waals surface area (Å²) in [6.45, 7) is 1.34. The number of H-pyrrole nitrogens is 1. The van der Waals surface area contributed by atoms with Crippen molar-refractivity contribution in [2.24, 2.45) is 5.92 Å². The van der Waals surface area contributed by atoms with Crippen LogP contribution >= 0.6 is 0 Å². The number of carbonyl (C=O) groups is 2. The van der Waals surface area contributed by atoms with Gasteiger partial charge in [0.05, 0.1) is 12.5 Å². The predicted molar refractivity (Wildman–Crippen MR) is 39.7 cm³/mol. The maximum atomic E-state index is 11.2. The molecule has 0 aliphatic carbocycles. The highest BCUT2D eigenvalue weighted by Crippen LogP contribution is 2.04. The Labute approximate surface area is 68.4 Å². The Balaban J connectivity index is 2.79. The molecule has 5 heteroatoms. The van der Waals surface area contributed by atoms with Gasteiger partial charge in [0.25, 0.3) is 0 Å². The van der Waals surface area contributed by atoms with E-state index in [0.29, 0.717) is 0 Å². The summed E-state index contributed by atoms with van der Waals surface area (Å²) in [5, 5.41) is 8.50. The number of rotatable bonds is 3. The zero-order chi connectivity index (χ0) is 9.14. The van der Waals surface area contributed by atoms with Gasteiger partial charge in [-0.1, -0.05) is 0 Å². The van der Waals surface area contributed by atoms with Gasteiger partial charge < -0.3 is 10.1 Å². The van der Waals surface area contributed by atoms with Crippen LogP contribution in [-0.4, -0.2) is 26.8 Å². The summed E-state index contributed by atoms with van der Waals surface area (Å²) in [5.74, 6) is -2.61. The summed E-state index contributed by atoms with van der Waals surface area (Å²) in [6, 6.07) is 0. The van der Waals surface area contributed by atoms with Crippen molar-refractivity contribution in [3.63, 3.8) is 0 Å². The molecular weight excluding hydrogens is 160 g/mol. The maximum absolute atomic E-state index is 11.2. The van der Waals surface area contributed by atoms with Gasteiger partial charge in [-0.2, -0.15) is 0 Å². The molecule has 1 unspecified atom stereocenters. The van der Waals surface area contributed by atoms with Crippen molar-refractivity contribution in [1.29, 1.82) is 0 Å². The van der Waals surface area contributed by atoms with Crippen LogP contribution in [0, 0.1) is 5.92 Å². The number of nitrogens with one attached hydrogen (secondary N) is 1. The lowest BCUT2D eigenvalue weighted by molar-refractivity contribution is -0.139. The van der Waals surface area contributed by atoms with Crippen molar-refractivity contribution >= 4 is 11.8 Å². The zero-order valence-corrected chi connectivity index (χ0v) is 6.44. The highest BCUT2D eigenvalue weighted by atomic mass is 16.4. The average molecular weight is 168 g/mol. The monoisotopic (exact) mass is 168 g/mol. The number of carbonyl (C=O) groups excluding carboxylic acids is 1. The molecule has 64 valence electrons. The number of aromatic amines is 1. The molecule has 0 bridgehead atoms. The average Bonchev–Trinajstić information content (AvgIpc) is 2.53. The largest absolute Gasteiger partial charge is 0.481 e. The molecule has 0 aliphatic rings. The highest BCUT2D eigenvalue weighted by molar-refractivity contribution is 6.06. The first-order valence-corrected chi connectivity index (χ1v) is 3.38.